The minimum absolute atomic E-state index is 0.222. The maximum absolute atomic E-state index is 12.9. The molecule has 0 heterocycles. The van der Waals surface area contributed by atoms with Crippen molar-refractivity contribution in [1.29, 1.82) is 0 Å². The normalized spacial score (nSPS) is 12.3. The summed E-state index contributed by atoms with van der Waals surface area (Å²) >= 11 is 0. The van der Waals surface area contributed by atoms with Crippen molar-refractivity contribution < 1.29 is 14.4 Å². The lowest BCUT2D eigenvalue weighted by Gasteiger charge is -2.20. The average molecular weight is 342 g/mol. The highest BCUT2D eigenvalue weighted by molar-refractivity contribution is 6.30. The average Bonchev–Trinajstić information content (AvgIpc) is 2.66. The first-order valence-corrected chi connectivity index (χ1v) is 8.04. The summed E-state index contributed by atoms with van der Waals surface area (Å²) in [7, 11) is 0. The third kappa shape index (κ3) is 2.46. The second kappa shape index (κ2) is 5.97. The van der Waals surface area contributed by atoms with E-state index in [1.54, 1.807) is 66.7 Å². The lowest BCUT2D eigenvalue weighted by Crippen LogP contribution is -2.23. The first kappa shape index (κ1) is 15.8. The first-order valence-electron chi connectivity index (χ1n) is 8.04. The Morgan fingerprint density at radius 1 is 0.731 bits per heavy atom. The van der Waals surface area contributed by atoms with E-state index < -0.39 is 0 Å². The van der Waals surface area contributed by atoms with Crippen LogP contribution in [0.3, 0.4) is 0 Å². The van der Waals surface area contributed by atoms with Crippen molar-refractivity contribution in [2.24, 2.45) is 0 Å². The van der Waals surface area contributed by atoms with Gasteiger partial charge in [0.05, 0.1) is 11.3 Å². The molecular formula is C21H14N2O3. The summed E-state index contributed by atoms with van der Waals surface area (Å²) < 4.78 is 0. The molecule has 5 heteroatoms. The highest BCUT2D eigenvalue weighted by atomic mass is 16.2. The monoisotopic (exact) mass is 342 g/mol. The number of nitrogens with one attached hydrogen (secondary N) is 1. The molecule has 3 N–H and O–H groups in total. The summed E-state index contributed by atoms with van der Waals surface area (Å²) in [6, 6.07) is 18.0. The van der Waals surface area contributed by atoms with E-state index in [-0.39, 0.29) is 23.0 Å². The third-order valence-electron chi connectivity index (χ3n) is 4.37. The molecule has 0 atom stereocenters. The Morgan fingerprint density at radius 2 is 1.35 bits per heavy atom. The second-order valence-corrected chi connectivity index (χ2v) is 6.01. The number of ketones is 2. The molecule has 0 spiro atoms. The van der Waals surface area contributed by atoms with Gasteiger partial charge in [-0.1, -0.05) is 36.4 Å². The first-order chi connectivity index (χ1) is 12.6. The molecule has 5 nitrogen and oxygen atoms in total. The van der Waals surface area contributed by atoms with Crippen LogP contribution in [0.15, 0.2) is 66.7 Å². The van der Waals surface area contributed by atoms with Crippen molar-refractivity contribution in [1.82, 2.24) is 0 Å². The third-order valence-corrected chi connectivity index (χ3v) is 4.37. The van der Waals surface area contributed by atoms with Crippen LogP contribution in [-0.4, -0.2) is 17.5 Å². The quantitative estimate of drug-likeness (QED) is 0.547. The number of hydrogen-bond donors (Lipinski definition) is 2. The summed E-state index contributed by atoms with van der Waals surface area (Å²) in [6.45, 7) is 0. The van der Waals surface area contributed by atoms with Gasteiger partial charge in [-0.2, -0.15) is 0 Å². The molecule has 0 aliphatic heterocycles. The van der Waals surface area contributed by atoms with E-state index in [0.717, 1.165) is 0 Å². The molecule has 0 fully saturated rings. The van der Waals surface area contributed by atoms with E-state index in [9.17, 15) is 14.4 Å². The summed E-state index contributed by atoms with van der Waals surface area (Å²) in [5, 5.41) is 2.73. The van der Waals surface area contributed by atoms with Gasteiger partial charge in [-0.15, -0.1) is 0 Å². The second-order valence-electron chi connectivity index (χ2n) is 6.01. The Bertz CT molecular complexity index is 1070. The Morgan fingerprint density at radius 3 is 2.04 bits per heavy atom. The molecule has 1 aliphatic carbocycles. The van der Waals surface area contributed by atoms with Gasteiger partial charge in [0, 0.05) is 27.9 Å². The lowest BCUT2D eigenvalue weighted by molar-refractivity contribution is 0.0978. The van der Waals surface area contributed by atoms with Crippen LogP contribution in [-0.2, 0) is 0 Å². The highest BCUT2D eigenvalue weighted by Gasteiger charge is 2.31. The molecule has 3 aromatic carbocycles. The molecular weight excluding hydrogens is 328 g/mol. The molecule has 126 valence electrons. The highest BCUT2D eigenvalue weighted by Crippen LogP contribution is 2.32. The zero-order valence-electron chi connectivity index (χ0n) is 13.7. The molecule has 0 saturated carbocycles. The van der Waals surface area contributed by atoms with Gasteiger partial charge in [0.15, 0.2) is 11.6 Å². The molecule has 0 saturated heterocycles. The maximum atomic E-state index is 12.9. The largest absolute Gasteiger partial charge is 0.399 e. The van der Waals surface area contributed by atoms with Crippen molar-refractivity contribution in [3.8, 4) is 0 Å². The summed E-state index contributed by atoms with van der Waals surface area (Å²) in [4.78, 5) is 38.1. The van der Waals surface area contributed by atoms with Crippen LogP contribution in [0, 0.1) is 0 Å². The predicted molar refractivity (Wildman–Crippen MR) is 98.6 cm³/mol. The maximum Gasteiger partial charge on any atom is 0.255 e. The number of rotatable bonds is 2. The number of benzene rings is 3. The van der Waals surface area contributed by atoms with Crippen LogP contribution in [0.1, 0.15) is 42.2 Å². The van der Waals surface area contributed by atoms with E-state index in [1.165, 1.54) is 0 Å². The van der Waals surface area contributed by atoms with E-state index in [2.05, 4.69) is 5.32 Å². The van der Waals surface area contributed by atoms with Crippen molar-refractivity contribution in [2.45, 2.75) is 0 Å². The molecule has 0 radical (unpaired) electrons. The Balaban J connectivity index is 1.76. The zero-order valence-corrected chi connectivity index (χ0v) is 13.7. The van der Waals surface area contributed by atoms with Crippen LogP contribution in [0.25, 0.3) is 0 Å². The van der Waals surface area contributed by atoms with Gasteiger partial charge < -0.3 is 11.1 Å². The topological polar surface area (TPSA) is 89.3 Å². The fourth-order valence-electron chi connectivity index (χ4n) is 3.08. The fourth-order valence-corrected chi connectivity index (χ4v) is 3.08. The minimum atomic E-state index is -0.377. The van der Waals surface area contributed by atoms with Gasteiger partial charge in [-0.05, 0) is 30.3 Å². The number of nitrogens with two attached hydrogens (primary N) is 1. The number of carbonyl (C=O) groups excluding carboxylic acids is 3. The number of carbonyl (C=O) groups is 3. The Kier molecular flexibility index (Phi) is 3.62. The molecule has 0 bridgehead atoms. The van der Waals surface area contributed by atoms with Crippen molar-refractivity contribution >= 4 is 28.8 Å². The molecule has 4 rings (SSSR count). The summed E-state index contributed by atoms with van der Waals surface area (Å²) in [5.74, 6) is -0.875. The molecule has 0 unspecified atom stereocenters. The smallest absolute Gasteiger partial charge is 0.255 e. The predicted octanol–water partition coefficient (Wildman–Crippen LogP) is 3.30. The Hall–Kier alpha value is -3.73. The molecule has 1 aliphatic rings. The lowest BCUT2D eigenvalue weighted by atomic mass is 9.83. The molecule has 0 aromatic heterocycles. The van der Waals surface area contributed by atoms with Gasteiger partial charge in [-0.25, -0.2) is 0 Å². The van der Waals surface area contributed by atoms with E-state index >= 15 is 0 Å². The van der Waals surface area contributed by atoms with E-state index in [4.69, 9.17) is 5.73 Å². The van der Waals surface area contributed by atoms with Crippen LogP contribution < -0.4 is 11.1 Å². The number of anilines is 2. The fraction of sp³-hybridized carbons (Fsp3) is 0. The number of nitrogen functional groups attached to an aromatic ring is 1. The summed E-state index contributed by atoms with van der Waals surface area (Å²) in [6.07, 6.45) is 0. The molecule has 1 amide bonds. The molecule has 26 heavy (non-hydrogen) atoms. The van der Waals surface area contributed by atoms with Gasteiger partial charge in [0.25, 0.3) is 5.91 Å². The number of fused-ring (bicyclic) bond motifs is 2. The zero-order chi connectivity index (χ0) is 18.3. The van der Waals surface area contributed by atoms with E-state index in [1.807, 2.05) is 0 Å². The van der Waals surface area contributed by atoms with Crippen molar-refractivity contribution in [3.05, 3.63) is 94.5 Å². The SMILES string of the molecule is Nc1ccc(C(=O)Nc2cccc3c2C(=O)c2ccccc2C3=O)cc1. The van der Waals surface area contributed by atoms with Crippen LogP contribution in [0.2, 0.25) is 0 Å². The van der Waals surface area contributed by atoms with Crippen molar-refractivity contribution in [3.63, 3.8) is 0 Å². The van der Waals surface area contributed by atoms with E-state index in [0.29, 0.717) is 33.6 Å². The van der Waals surface area contributed by atoms with Gasteiger partial charge in [0.1, 0.15) is 0 Å². The number of amides is 1. The van der Waals surface area contributed by atoms with Crippen molar-refractivity contribution in [2.75, 3.05) is 11.1 Å². The van der Waals surface area contributed by atoms with Crippen LogP contribution in [0.5, 0.6) is 0 Å². The van der Waals surface area contributed by atoms with Crippen LogP contribution >= 0.6 is 0 Å². The number of hydrogen-bond acceptors (Lipinski definition) is 4. The molecule has 3 aromatic rings. The van der Waals surface area contributed by atoms with Crippen LogP contribution in [0.4, 0.5) is 11.4 Å². The summed E-state index contributed by atoms with van der Waals surface area (Å²) in [5.41, 5.74) is 8.16. The Labute approximate surface area is 149 Å². The van der Waals surface area contributed by atoms with Gasteiger partial charge >= 0.3 is 0 Å². The standard InChI is InChI=1S/C21H14N2O3/c22-13-10-8-12(9-11-13)21(26)23-17-7-3-6-16-18(17)20(25)15-5-2-1-4-14(15)19(16)24/h1-11H,22H2,(H,23,26). The van der Waals surface area contributed by atoms with Gasteiger partial charge in [0.2, 0.25) is 0 Å². The minimum Gasteiger partial charge on any atom is -0.399 e. The van der Waals surface area contributed by atoms with Gasteiger partial charge in [-0.3, -0.25) is 14.4 Å².